The van der Waals surface area contributed by atoms with Crippen LogP contribution >= 0.6 is 0 Å². The largest absolute Gasteiger partial charge is 0.447 e. The lowest BCUT2D eigenvalue weighted by atomic mass is 9.98. The van der Waals surface area contributed by atoms with Gasteiger partial charge >= 0.3 is 6.09 Å². The molecule has 6 nitrogen and oxygen atoms in total. The average Bonchev–Trinajstić information content (AvgIpc) is 2.95. The van der Waals surface area contributed by atoms with Gasteiger partial charge in [0.2, 0.25) is 11.2 Å². The Labute approximate surface area is 137 Å². The maximum absolute atomic E-state index is 12.2. The Hall–Kier alpha value is -2.41. The van der Waals surface area contributed by atoms with E-state index < -0.39 is 17.3 Å². The molecule has 3 rings (SSSR count). The second kappa shape index (κ2) is 6.37. The molecule has 1 fully saturated rings. The van der Waals surface area contributed by atoms with Crippen LogP contribution in [-0.4, -0.2) is 32.7 Å². The molecular formula is C16H17N3O3S. The molecule has 1 aliphatic rings. The van der Waals surface area contributed by atoms with E-state index in [1.807, 2.05) is 44.3 Å². The molecule has 1 unspecified atom stereocenters. The standard InChI is InChI=1S/C16H17N3O3S/c1-11-5-6-17-10-15(11)14-4-3-13(9-12(14)2)18-23(21)19-7-8-22-16(19)20/h3-6,9-10,18H,7-8H2,1-2H3. The van der Waals surface area contributed by atoms with Crippen molar-refractivity contribution >= 4 is 23.0 Å². The first-order chi connectivity index (χ1) is 11.1. The van der Waals surface area contributed by atoms with Crippen LogP contribution in [0, 0.1) is 13.8 Å². The summed E-state index contributed by atoms with van der Waals surface area (Å²) in [4.78, 5) is 15.6. The zero-order valence-electron chi connectivity index (χ0n) is 12.9. The summed E-state index contributed by atoms with van der Waals surface area (Å²) in [5.41, 5.74) is 5.01. The lowest BCUT2D eigenvalue weighted by molar-refractivity contribution is 0.170. The van der Waals surface area contributed by atoms with Gasteiger partial charge in [-0.1, -0.05) is 6.07 Å². The number of anilines is 1. The van der Waals surface area contributed by atoms with Crippen molar-refractivity contribution < 1.29 is 13.7 Å². The van der Waals surface area contributed by atoms with Crippen molar-refractivity contribution in [2.24, 2.45) is 0 Å². The van der Waals surface area contributed by atoms with Gasteiger partial charge in [-0.15, -0.1) is 0 Å². The number of carbonyl (C=O) groups is 1. The SMILES string of the molecule is Cc1cc(NS(=O)N2CCOC2=O)ccc1-c1cnccc1C. The number of amides is 1. The molecule has 0 saturated carbocycles. The number of nitrogens with one attached hydrogen (secondary N) is 1. The van der Waals surface area contributed by atoms with E-state index in [0.717, 1.165) is 26.6 Å². The normalized spacial score (nSPS) is 15.4. The number of cyclic esters (lactones) is 1. The molecule has 2 heterocycles. The summed E-state index contributed by atoms with van der Waals surface area (Å²) >= 11 is -1.64. The summed E-state index contributed by atoms with van der Waals surface area (Å²) in [6, 6.07) is 7.67. The number of ether oxygens (including phenoxy) is 1. The average molecular weight is 331 g/mol. The zero-order chi connectivity index (χ0) is 16.4. The Morgan fingerprint density at radius 2 is 2.04 bits per heavy atom. The van der Waals surface area contributed by atoms with Crippen molar-refractivity contribution in [2.45, 2.75) is 13.8 Å². The number of aryl methyl sites for hydroxylation is 2. The molecule has 120 valence electrons. The van der Waals surface area contributed by atoms with Gasteiger partial charge in [0.15, 0.2) is 0 Å². The van der Waals surface area contributed by atoms with Crippen molar-refractivity contribution in [3.05, 3.63) is 47.8 Å². The highest BCUT2D eigenvalue weighted by atomic mass is 32.2. The smallest absolute Gasteiger partial charge is 0.423 e. The molecule has 23 heavy (non-hydrogen) atoms. The first-order valence-corrected chi connectivity index (χ1v) is 8.31. The number of benzene rings is 1. The molecule has 7 heteroatoms. The fraction of sp³-hybridized carbons (Fsp3) is 0.250. The minimum absolute atomic E-state index is 0.268. The highest BCUT2D eigenvalue weighted by Crippen LogP contribution is 2.28. The van der Waals surface area contributed by atoms with Crippen LogP contribution in [0.15, 0.2) is 36.7 Å². The Morgan fingerprint density at radius 1 is 1.22 bits per heavy atom. The van der Waals surface area contributed by atoms with Crippen LogP contribution < -0.4 is 4.72 Å². The van der Waals surface area contributed by atoms with E-state index in [2.05, 4.69) is 9.71 Å². The van der Waals surface area contributed by atoms with Gasteiger partial charge in [0.25, 0.3) is 0 Å². The fourth-order valence-corrected chi connectivity index (χ4v) is 3.33. The van der Waals surface area contributed by atoms with Gasteiger partial charge in [-0.05, 0) is 48.7 Å². The molecule has 1 amide bonds. The van der Waals surface area contributed by atoms with Crippen LogP contribution in [0.25, 0.3) is 11.1 Å². The number of hydrogen-bond donors (Lipinski definition) is 1. The third kappa shape index (κ3) is 3.19. The first kappa shape index (κ1) is 15.5. The van der Waals surface area contributed by atoms with Gasteiger partial charge in [0.1, 0.15) is 6.61 Å². The summed E-state index contributed by atoms with van der Waals surface area (Å²) in [6.07, 6.45) is 3.04. The Bertz CT molecular complexity index is 779. The Morgan fingerprint density at radius 3 is 2.70 bits per heavy atom. The van der Waals surface area contributed by atoms with Crippen LogP contribution in [0.3, 0.4) is 0 Å². The summed E-state index contributed by atoms with van der Waals surface area (Å²) in [5, 5.41) is 0. The molecule has 0 radical (unpaired) electrons. The van der Waals surface area contributed by atoms with Crippen LogP contribution in [-0.2, 0) is 15.9 Å². The summed E-state index contributed by atoms with van der Waals surface area (Å²) < 4.78 is 20.9. The maximum atomic E-state index is 12.2. The van der Waals surface area contributed by atoms with Gasteiger partial charge in [0, 0.05) is 23.6 Å². The number of aromatic nitrogens is 1. The van der Waals surface area contributed by atoms with E-state index in [-0.39, 0.29) is 6.61 Å². The predicted octanol–water partition coefficient (Wildman–Crippen LogP) is 2.81. The minimum Gasteiger partial charge on any atom is -0.447 e. The molecule has 0 spiro atoms. The quantitative estimate of drug-likeness (QED) is 0.935. The molecule has 0 aliphatic carbocycles. The van der Waals surface area contributed by atoms with Gasteiger partial charge in [-0.3, -0.25) is 9.71 Å². The number of rotatable bonds is 4. The highest BCUT2D eigenvalue weighted by Gasteiger charge is 2.27. The monoisotopic (exact) mass is 331 g/mol. The van der Waals surface area contributed by atoms with Gasteiger partial charge < -0.3 is 4.74 Å². The number of hydrogen-bond acceptors (Lipinski definition) is 4. The van der Waals surface area contributed by atoms with Crippen LogP contribution in [0.5, 0.6) is 0 Å². The number of nitrogens with zero attached hydrogens (tertiary/aromatic N) is 2. The zero-order valence-corrected chi connectivity index (χ0v) is 13.7. The molecule has 1 aliphatic heterocycles. The molecule has 1 N–H and O–H groups in total. The van der Waals surface area contributed by atoms with Crippen LogP contribution in [0.4, 0.5) is 10.5 Å². The molecule has 0 bridgehead atoms. The molecule has 1 aromatic carbocycles. The summed E-state index contributed by atoms with van der Waals surface area (Å²) in [6.45, 7) is 4.62. The van der Waals surface area contributed by atoms with E-state index in [4.69, 9.17) is 4.74 Å². The van der Waals surface area contributed by atoms with E-state index in [0.29, 0.717) is 12.2 Å². The third-order valence-electron chi connectivity index (χ3n) is 3.68. The van der Waals surface area contributed by atoms with E-state index in [1.165, 1.54) is 0 Å². The maximum Gasteiger partial charge on any atom is 0.423 e. The predicted molar refractivity (Wildman–Crippen MR) is 89.0 cm³/mol. The Balaban J connectivity index is 1.81. The Kier molecular flexibility index (Phi) is 4.29. The second-order valence-corrected chi connectivity index (χ2v) is 6.43. The minimum atomic E-state index is -1.64. The molecule has 1 atom stereocenters. The number of pyridine rings is 1. The second-order valence-electron chi connectivity index (χ2n) is 5.29. The molecule has 1 aromatic heterocycles. The lowest BCUT2D eigenvalue weighted by Crippen LogP contribution is -2.31. The summed E-state index contributed by atoms with van der Waals surface area (Å²) in [7, 11) is 0. The van der Waals surface area contributed by atoms with Crippen LogP contribution in [0.1, 0.15) is 11.1 Å². The van der Waals surface area contributed by atoms with Gasteiger partial charge in [0.05, 0.1) is 6.54 Å². The van der Waals surface area contributed by atoms with E-state index in [9.17, 15) is 9.00 Å². The topological polar surface area (TPSA) is 71.5 Å². The first-order valence-electron chi connectivity index (χ1n) is 7.21. The van der Waals surface area contributed by atoms with E-state index in [1.54, 1.807) is 6.20 Å². The summed E-state index contributed by atoms with van der Waals surface area (Å²) in [5.74, 6) is 0. The van der Waals surface area contributed by atoms with Crippen molar-refractivity contribution in [1.29, 1.82) is 0 Å². The lowest BCUT2D eigenvalue weighted by Gasteiger charge is -2.15. The van der Waals surface area contributed by atoms with Crippen molar-refractivity contribution in [3.8, 4) is 11.1 Å². The molecular weight excluding hydrogens is 314 g/mol. The molecule has 2 aromatic rings. The van der Waals surface area contributed by atoms with Gasteiger partial charge in [-0.2, -0.15) is 0 Å². The highest BCUT2D eigenvalue weighted by molar-refractivity contribution is 7.84. The fourth-order valence-electron chi connectivity index (χ4n) is 2.46. The van der Waals surface area contributed by atoms with Gasteiger partial charge in [-0.25, -0.2) is 13.3 Å². The van der Waals surface area contributed by atoms with Crippen LogP contribution in [0.2, 0.25) is 0 Å². The van der Waals surface area contributed by atoms with E-state index >= 15 is 0 Å². The third-order valence-corrected chi connectivity index (χ3v) is 4.83. The number of carbonyl (C=O) groups excluding carboxylic acids is 1. The van der Waals surface area contributed by atoms with Crippen molar-refractivity contribution in [1.82, 2.24) is 9.29 Å². The van der Waals surface area contributed by atoms with Crippen molar-refractivity contribution in [3.63, 3.8) is 0 Å². The molecule has 1 saturated heterocycles. The van der Waals surface area contributed by atoms with Crippen molar-refractivity contribution in [2.75, 3.05) is 17.9 Å².